The van der Waals surface area contributed by atoms with Gasteiger partial charge in [-0.05, 0) is 44.1 Å². The highest BCUT2D eigenvalue weighted by atomic mass is 35.5. The molecule has 0 saturated heterocycles. The highest BCUT2D eigenvalue weighted by molar-refractivity contribution is 7.99. The fourth-order valence-electron chi connectivity index (χ4n) is 3.18. The molecule has 3 rings (SSSR count). The van der Waals surface area contributed by atoms with Gasteiger partial charge >= 0.3 is 0 Å². The lowest BCUT2D eigenvalue weighted by atomic mass is 9.94. The van der Waals surface area contributed by atoms with Crippen LogP contribution in [0.15, 0.2) is 12.3 Å². The van der Waals surface area contributed by atoms with Gasteiger partial charge in [0, 0.05) is 17.5 Å². The summed E-state index contributed by atoms with van der Waals surface area (Å²) < 4.78 is 2.30. The molecule has 2 unspecified atom stereocenters. The van der Waals surface area contributed by atoms with E-state index < -0.39 is 0 Å². The first kappa shape index (κ1) is 14.2. The minimum absolute atomic E-state index is 0.454. The van der Waals surface area contributed by atoms with E-state index in [0.29, 0.717) is 11.9 Å². The Balaban J connectivity index is 2.04. The SMILES string of the molecule is CSC1CCCC(n2c(CCl)nc3cc(C)cnc32)C1. The van der Waals surface area contributed by atoms with Crippen molar-refractivity contribution >= 4 is 34.5 Å². The van der Waals surface area contributed by atoms with Crippen molar-refractivity contribution in [1.82, 2.24) is 14.5 Å². The van der Waals surface area contributed by atoms with E-state index in [1.165, 1.54) is 25.7 Å². The molecule has 108 valence electrons. The van der Waals surface area contributed by atoms with Gasteiger partial charge in [0.2, 0.25) is 0 Å². The van der Waals surface area contributed by atoms with Crippen LogP contribution in [-0.4, -0.2) is 26.0 Å². The van der Waals surface area contributed by atoms with Crippen LogP contribution >= 0.6 is 23.4 Å². The van der Waals surface area contributed by atoms with E-state index in [0.717, 1.165) is 27.8 Å². The molecule has 0 N–H and O–H groups in total. The van der Waals surface area contributed by atoms with Crippen LogP contribution in [0.5, 0.6) is 0 Å². The summed E-state index contributed by atoms with van der Waals surface area (Å²) in [4.78, 5) is 9.29. The van der Waals surface area contributed by atoms with Crippen molar-refractivity contribution in [3.8, 4) is 0 Å². The Morgan fingerprint density at radius 1 is 1.45 bits per heavy atom. The Morgan fingerprint density at radius 2 is 2.30 bits per heavy atom. The van der Waals surface area contributed by atoms with E-state index in [4.69, 9.17) is 11.6 Å². The zero-order valence-electron chi connectivity index (χ0n) is 12.0. The van der Waals surface area contributed by atoms with Crippen LogP contribution in [0.1, 0.15) is 43.1 Å². The van der Waals surface area contributed by atoms with Crippen molar-refractivity contribution in [2.45, 2.75) is 49.8 Å². The minimum atomic E-state index is 0.454. The van der Waals surface area contributed by atoms with Gasteiger partial charge in [-0.25, -0.2) is 9.97 Å². The molecule has 5 heteroatoms. The summed E-state index contributed by atoms with van der Waals surface area (Å²) in [6.45, 7) is 2.05. The van der Waals surface area contributed by atoms with Crippen LogP contribution < -0.4 is 0 Å². The number of thioether (sulfide) groups is 1. The predicted octanol–water partition coefficient (Wildman–Crippen LogP) is 4.33. The number of pyridine rings is 1. The minimum Gasteiger partial charge on any atom is -0.309 e. The van der Waals surface area contributed by atoms with Gasteiger partial charge in [0.05, 0.1) is 5.88 Å². The molecule has 1 fully saturated rings. The van der Waals surface area contributed by atoms with Crippen molar-refractivity contribution in [1.29, 1.82) is 0 Å². The highest BCUT2D eigenvalue weighted by Crippen LogP contribution is 2.36. The zero-order chi connectivity index (χ0) is 14.1. The van der Waals surface area contributed by atoms with Crippen molar-refractivity contribution < 1.29 is 0 Å². The number of fused-ring (bicyclic) bond motifs is 1. The lowest BCUT2D eigenvalue weighted by Gasteiger charge is -2.30. The summed E-state index contributed by atoms with van der Waals surface area (Å²) in [5, 5.41) is 0.750. The Bertz CT molecular complexity index is 610. The summed E-state index contributed by atoms with van der Waals surface area (Å²) in [6, 6.07) is 2.60. The van der Waals surface area contributed by atoms with Gasteiger partial charge in [0.15, 0.2) is 5.65 Å². The molecule has 0 amide bonds. The number of rotatable bonds is 3. The number of nitrogens with zero attached hydrogens (tertiary/aromatic N) is 3. The van der Waals surface area contributed by atoms with Crippen LogP contribution in [0, 0.1) is 6.92 Å². The summed E-state index contributed by atoms with van der Waals surface area (Å²) in [5.74, 6) is 1.42. The second-order valence-corrected chi connectivity index (χ2v) is 6.97. The van der Waals surface area contributed by atoms with Crippen LogP contribution in [0.2, 0.25) is 0 Å². The molecule has 1 aliphatic carbocycles. The van der Waals surface area contributed by atoms with Crippen molar-refractivity contribution in [2.75, 3.05) is 6.26 Å². The first-order valence-electron chi connectivity index (χ1n) is 7.15. The summed E-state index contributed by atoms with van der Waals surface area (Å²) >= 11 is 8.10. The molecule has 1 aliphatic rings. The van der Waals surface area contributed by atoms with E-state index >= 15 is 0 Å². The van der Waals surface area contributed by atoms with Crippen LogP contribution in [0.4, 0.5) is 0 Å². The number of aryl methyl sites for hydroxylation is 1. The van der Waals surface area contributed by atoms with Gasteiger partial charge in [-0.1, -0.05) is 6.42 Å². The maximum atomic E-state index is 6.12. The number of hydrogen-bond acceptors (Lipinski definition) is 3. The molecular formula is C15H20ClN3S. The molecule has 0 bridgehead atoms. The largest absolute Gasteiger partial charge is 0.309 e. The summed E-state index contributed by atoms with van der Waals surface area (Å²) in [7, 11) is 0. The maximum Gasteiger partial charge on any atom is 0.160 e. The second kappa shape index (κ2) is 5.94. The molecule has 2 atom stereocenters. The third-order valence-electron chi connectivity index (χ3n) is 4.16. The number of halogens is 1. The quantitative estimate of drug-likeness (QED) is 0.791. The van der Waals surface area contributed by atoms with Gasteiger partial charge in [0.1, 0.15) is 11.3 Å². The molecule has 0 radical (unpaired) electrons. The lowest BCUT2D eigenvalue weighted by Crippen LogP contribution is -2.22. The molecule has 0 aromatic carbocycles. The number of alkyl halides is 1. The zero-order valence-corrected chi connectivity index (χ0v) is 13.5. The molecule has 2 aromatic heterocycles. The van der Waals surface area contributed by atoms with Crippen LogP contribution in [0.3, 0.4) is 0 Å². The molecule has 0 aliphatic heterocycles. The third kappa shape index (κ3) is 2.56. The smallest absolute Gasteiger partial charge is 0.160 e. The monoisotopic (exact) mass is 309 g/mol. The molecule has 1 saturated carbocycles. The van der Waals surface area contributed by atoms with E-state index in [9.17, 15) is 0 Å². The fraction of sp³-hybridized carbons (Fsp3) is 0.600. The Labute approximate surface area is 129 Å². The standard InChI is InChI=1S/C15H20ClN3S/c1-10-6-13-15(17-9-10)19(14(8-16)18-13)11-4-3-5-12(7-11)20-2/h6,9,11-12H,3-5,7-8H2,1-2H3. The average Bonchev–Trinajstić information content (AvgIpc) is 2.84. The van der Waals surface area contributed by atoms with E-state index in [1.807, 2.05) is 18.0 Å². The fourth-order valence-corrected chi connectivity index (χ4v) is 4.18. The Morgan fingerprint density at radius 3 is 3.05 bits per heavy atom. The Hall–Kier alpha value is -0.740. The number of aromatic nitrogens is 3. The highest BCUT2D eigenvalue weighted by Gasteiger charge is 2.26. The first-order chi connectivity index (χ1) is 9.72. The van der Waals surface area contributed by atoms with Crippen molar-refractivity contribution in [3.63, 3.8) is 0 Å². The van der Waals surface area contributed by atoms with E-state index in [1.54, 1.807) is 0 Å². The van der Waals surface area contributed by atoms with E-state index in [2.05, 4.69) is 33.8 Å². The van der Waals surface area contributed by atoms with E-state index in [-0.39, 0.29) is 0 Å². The lowest BCUT2D eigenvalue weighted by molar-refractivity contribution is 0.361. The van der Waals surface area contributed by atoms with Crippen LogP contribution in [0.25, 0.3) is 11.2 Å². The molecular weight excluding hydrogens is 290 g/mol. The average molecular weight is 310 g/mol. The number of hydrogen-bond donors (Lipinski definition) is 0. The normalized spacial score (nSPS) is 23.4. The van der Waals surface area contributed by atoms with Gasteiger partial charge in [0.25, 0.3) is 0 Å². The van der Waals surface area contributed by atoms with Crippen molar-refractivity contribution in [2.24, 2.45) is 0 Å². The van der Waals surface area contributed by atoms with Gasteiger partial charge in [-0.2, -0.15) is 11.8 Å². The molecule has 2 aromatic rings. The van der Waals surface area contributed by atoms with Gasteiger partial charge in [-0.3, -0.25) is 0 Å². The van der Waals surface area contributed by atoms with Gasteiger partial charge in [-0.15, -0.1) is 11.6 Å². The summed E-state index contributed by atoms with van der Waals surface area (Å²) in [6.07, 6.45) is 9.15. The predicted molar refractivity (Wildman–Crippen MR) is 86.6 cm³/mol. The molecule has 20 heavy (non-hydrogen) atoms. The van der Waals surface area contributed by atoms with Crippen molar-refractivity contribution in [3.05, 3.63) is 23.7 Å². The topological polar surface area (TPSA) is 30.7 Å². The third-order valence-corrected chi connectivity index (χ3v) is 5.49. The second-order valence-electron chi connectivity index (χ2n) is 5.57. The molecule has 3 nitrogen and oxygen atoms in total. The summed E-state index contributed by atoms with van der Waals surface area (Å²) in [5.41, 5.74) is 3.12. The maximum absolute atomic E-state index is 6.12. The van der Waals surface area contributed by atoms with Gasteiger partial charge < -0.3 is 4.57 Å². The first-order valence-corrected chi connectivity index (χ1v) is 8.97. The molecule has 0 spiro atoms. The Kier molecular flexibility index (Phi) is 4.22. The number of imidazole rings is 1. The van der Waals surface area contributed by atoms with Crippen LogP contribution in [-0.2, 0) is 5.88 Å². The molecule has 2 heterocycles.